The van der Waals surface area contributed by atoms with Gasteiger partial charge in [-0.2, -0.15) is 0 Å². The maximum absolute atomic E-state index is 11.8. The van der Waals surface area contributed by atoms with Crippen LogP contribution in [0.25, 0.3) is 0 Å². The number of nitrogens with zero attached hydrogens (tertiary/aromatic N) is 1. The average Bonchev–Trinajstić information content (AvgIpc) is 2.72. The van der Waals surface area contributed by atoms with E-state index in [2.05, 4.69) is 17.2 Å². The first-order valence-electron chi connectivity index (χ1n) is 8.34. The van der Waals surface area contributed by atoms with Crippen LogP contribution in [-0.4, -0.2) is 56.7 Å². The van der Waals surface area contributed by atoms with E-state index in [-0.39, 0.29) is 17.6 Å². The molecule has 0 bridgehead atoms. The molecule has 0 heterocycles. The molecule has 152 valence electrons. The molecule has 2 aromatic carbocycles. The summed E-state index contributed by atoms with van der Waals surface area (Å²) in [6, 6.07) is 10.8. The second-order valence-corrected chi connectivity index (χ2v) is 5.81. The first kappa shape index (κ1) is 23.0. The Morgan fingerprint density at radius 3 is 2.17 bits per heavy atom. The van der Waals surface area contributed by atoms with Crippen molar-refractivity contribution in [2.24, 2.45) is 0 Å². The highest BCUT2D eigenvalue weighted by Crippen LogP contribution is 2.28. The molecule has 0 fully saturated rings. The van der Waals surface area contributed by atoms with Gasteiger partial charge >= 0.3 is 11.9 Å². The minimum absolute atomic E-state index is 0.0953. The second kappa shape index (κ2) is 11.0. The number of aldehydes is 1. The lowest BCUT2D eigenvalue weighted by Crippen LogP contribution is -2.12. The number of phenolic OH excluding ortho intramolecular Hbond substituents is 1. The fourth-order valence-corrected chi connectivity index (χ4v) is 2.18. The first-order valence-corrected chi connectivity index (χ1v) is 8.34. The van der Waals surface area contributed by atoms with E-state index in [1.165, 1.54) is 13.2 Å². The van der Waals surface area contributed by atoms with Crippen molar-refractivity contribution in [1.29, 1.82) is 0 Å². The Hall–Kier alpha value is -3.99. The van der Waals surface area contributed by atoms with Crippen molar-refractivity contribution in [3.8, 4) is 17.6 Å². The fraction of sp³-hybridized carbons (Fsp3) is 0.190. The molecular formula is C21H22N2O6. The highest BCUT2D eigenvalue weighted by molar-refractivity contribution is 6.19. The number of carbonyl (C=O) groups excluding carboxylic acids is 2. The summed E-state index contributed by atoms with van der Waals surface area (Å²) >= 11 is 0. The minimum atomic E-state index is -1.43. The Labute approximate surface area is 168 Å². The monoisotopic (exact) mass is 398 g/mol. The van der Waals surface area contributed by atoms with Gasteiger partial charge in [0.2, 0.25) is 6.29 Å². The Morgan fingerprint density at radius 2 is 1.72 bits per heavy atom. The normalized spacial score (nSPS) is 9.10. The van der Waals surface area contributed by atoms with Gasteiger partial charge in [-0.15, -0.1) is 0 Å². The van der Waals surface area contributed by atoms with Crippen LogP contribution in [0.5, 0.6) is 5.75 Å². The number of anilines is 2. The Morgan fingerprint density at radius 1 is 1.14 bits per heavy atom. The van der Waals surface area contributed by atoms with Crippen LogP contribution in [0, 0.1) is 11.8 Å². The number of nitrogens with one attached hydrogen (secondary N) is 1. The summed E-state index contributed by atoms with van der Waals surface area (Å²) in [6.07, 6.45) is -0.167. The number of hydrogen-bond donors (Lipinski definition) is 3. The average molecular weight is 398 g/mol. The predicted molar refractivity (Wildman–Crippen MR) is 109 cm³/mol. The number of carbonyl (C=O) groups is 3. The van der Waals surface area contributed by atoms with Gasteiger partial charge < -0.3 is 25.2 Å². The van der Waals surface area contributed by atoms with Gasteiger partial charge in [0.1, 0.15) is 11.3 Å². The zero-order valence-electron chi connectivity index (χ0n) is 16.5. The summed E-state index contributed by atoms with van der Waals surface area (Å²) in [5, 5.41) is 20.4. The zero-order valence-corrected chi connectivity index (χ0v) is 16.5. The molecule has 8 nitrogen and oxygen atoms in total. The number of carboxylic acid groups (broad SMARTS) is 1. The number of phenols is 1. The standard InChI is InChI=1S/C19H20N2O3.C2H2O3/c1-20-15-9-6-13(7-10-15)5-8-14-11-16(19(23)24-4)18(22)12-17(14)21(2)3;3-1-2(4)5/h6-7,9-12,20,22H,1-4H3;1H,(H,4,5). The number of benzene rings is 2. The van der Waals surface area contributed by atoms with Crippen molar-refractivity contribution in [3.05, 3.63) is 53.1 Å². The highest BCUT2D eigenvalue weighted by atomic mass is 16.5. The van der Waals surface area contributed by atoms with Gasteiger partial charge in [-0.05, 0) is 30.3 Å². The van der Waals surface area contributed by atoms with Crippen LogP contribution < -0.4 is 10.2 Å². The van der Waals surface area contributed by atoms with E-state index in [1.807, 2.05) is 50.3 Å². The fourth-order valence-electron chi connectivity index (χ4n) is 2.18. The van der Waals surface area contributed by atoms with Crippen LogP contribution in [0.15, 0.2) is 36.4 Å². The number of methoxy groups -OCH3 is 1. The predicted octanol–water partition coefficient (Wildman–Crippen LogP) is 1.96. The van der Waals surface area contributed by atoms with E-state index in [0.29, 0.717) is 5.56 Å². The molecule has 8 heteroatoms. The molecule has 0 spiro atoms. The number of aliphatic carboxylic acids is 1. The molecule has 0 unspecified atom stereocenters. The summed E-state index contributed by atoms with van der Waals surface area (Å²) in [4.78, 5) is 31.5. The number of rotatable bonds is 4. The molecule has 0 saturated carbocycles. The molecule has 0 aliphatic heterocycles. The van der Waals surface area contributed by atoms with Crippen molar-refractivity contribution in [2.45, 2.75) is 0 Å². The summed E-state index contributed by atoms with van der Waals surface area (Å²) < 4.78 is 4.69. The third-order valence-electron chi connectivity index (χ3n) is 3.62. The zero-order chi connectivity index (χ0) is 22.0. The maximum atomic E-state index is 11.8. The number of esters is 1. The lowest BCUT2D eigenvalue weighted by Gasteiger charge is -2.16. The van der Waals surface area contributed by atoms with Crippen LogP contribution in [0.3, 0.4) is 0 Å². The minimum Gasteiger partial charge on any atom is -0.507 e. The third kappa shape index (κ3) is 6.92. The Bertz CT molecular complexity index is 940. The third-order valence-corrected chi connectivity index (χ3v) is 3.62. The van der Waals surface area contributed by atoms with Gasteiger partial charge in [-0.25, -0.2) is 9.59 Å². The molecular weight excluding hydrogens is 376 g/mol. The van der Waals surface area contributed by atoms with Crippen molar-refractivity contribution < 1.29 is 29.3 Å². The van der Waals surface area contributed by atoms with Crippen LogP contribution in [0.1, 0.15) is 21.5 Å². The number of aromatic hydroxyl groups is 1. The van der Waals surface area contributed by atoms with E-state index >= 15 is 0 Å². The Kier molecular flexibility index (Phi) is 8.74. The molecule has 0 aliphatic carbocycles. The van der Waals surface area contributed by atoms with Crippen molar-refractivity contribution in [3.63, 3.8) is 0 Å². The van der Waals surface area contributed by atoms with Gasteiger partial charge in [0.15, 0.2) is 0 Å². The highest BCUT2D eigenvalue weighted by Gasteiger charge is 2.16. The summed E-state index contributed by atoms with van der Waals surface area (Å²) in [6.45, 7) is 0. The maximum Gasteiger partial charge on any atom is 0.368 e. The number of ether oxygens (including phenoxy) is 1. The van der Waals surface area contributed by atoms with Crippen LogP contribution in [0.4, 0.5) is 11.4 Å². The largest absolute Gasteiger partial charge is 0.507 e. The molecule has 0 radical (unpaired) electrons. The lowest BCUT2D eigenvalue weighted by molar-refractivity contribution is -0.143. The number of hydrogen-bond acceptors (Lipinski definition) is 7. The summed E-state index contributed by atoms with van der Waals surface area (Å²) in [5.74, 6) is 3.98. The number of carboxylic acids is 1. The molecule has 2 rings (SSSR count). The summed E-state index contributed by atoms with van der Waals surface area (Å²) in [5.41, 5.74) is 3.31. The molecule has 0 amide bonds. The van der Waals surface area contributed by atoms with E-state index in [0.717, 1.165) is 16.9 Å². The molecule has 2 aromatic rings. The van der Waals surface area contributed by atoms with Crippen LogP contribution in [-0.2, 0) is 14.3 Å². The van der Waals surface area contributed by atoms with E-state index in [4.69, 9.17) is 19.4 Å². The van der Waals surface area contributed by atoms with E-state index in [1.54, 1.807) is 6.07 Å². The topological polar surface area (TPSA) is 116 Å². The molecule has 3 N–H and O–H groups in total. The van der Waals surface area contributed by atoms with Gasteiger partial charge in [-0.3, -0.25) is 4.79 Å². The quantitative estimate of drug-likeness (QED) is 0.310. The molecule has 0 saturated heterocycles. The molecule has 29 heavy (non-hydrogen) atoms. The van der Waals surface area contributed by atoms with Gasteiger partial charge in [0.05, 0.1) is 12.8 Å². The lowest BCUT2D eigenvalue weighted by atomic mass is 10.1. The molecule has 0 aromatic heterocycles. The molecule has 0 atom stereocenters. The van der Waals surface area contributed by atoms with Crippen molar-refractivity contribution in [1.82, 2.24) is 0 Å². The van der Waals surface area contributed by atoms with Gasteiger partial charge in [0, 0.05) is 44.0 Å². The van der Waals surface area contributed by atoms with Gasteiger partial charge in [0.25, 0.3) is 0 Å². The van der Waals surface area contributed by atoms with Gasteiger partial charge in [-0.1, -0.05) is 11.8 Å². The molecule has 0 aliphatic rings. The van der Waals surface area contributed by atoms with Crippen LogP contribution >= 0.6 is 0 Å². The van der Waals surface area contributed by atoms with E-state index < -0.39 is 11.9 Å². The smallest absolute Gasteiger partial charge is 0.368 e. The van der Waals surface area contributed by atoms with Crippen molar-refractivity contribution >= 4 is 29.6 Å². The first-order chi connectivity index (χ1) is 13.7. The second-order valence-electron chi connectivity index (χ2n) is 5.81. The van der Waals surface area contributed by atoms with Crippen LogP contribution in [0.2, 0.25) is 0 Å². The SMILES string of the molecule is CNc1ccc(C#Cc2cc(C(=O)OC)c(O)cc2N(C)C)cc1.O=CC(=O)O. The summed E-state index contributed by atoms with van der Waals surface area (Å²) in [7, 11) is 6.82. The Balaban J connectivity index is 0.000000749. The van der Waals surface area contributed by atoms with E-state index in [9.17, 15) is 9.90 Å². The van der Waals surface area contributed by atoms with Crippen molar-refractivity contribution in [2.75, 3.05) is 38.5 Å².